The highest BCUT2D eigenvalue weighted by Gasteiger charge is 2.06. The zero-order valence-corrected chi connectivity index (χ0v) is 12.5. The first-order chi connectivity index (χ1) is 10.2. The third-order valence-electron chi connectivity index (χ3n) is 2.90. The second-order valence-corrected chi connectivity index (χ2v) is 5.28. The normalized spacial score (nSPS) is 10.9. The number of aromatic nitrogens is 2. The summed E-state index contributed by atoms with van der Waals surface area (Å²) >= 11 is 1.41. The zero-order chi connectivity index (χ0) is 15.2. The fourth-order valence-corrected chi connectivity index (χ4v) is 2.73. The number of aromatic amines is 1. The molecule has 0 spiro atoms. The van der Waals surface area contributed by atoms with Crippen molar-refractivity contribution < 1.29 is 5.11 Å². The number of aromatic hydroxyl groups is 1. The van der Waals surface area contributed by atoms with Crippen molar-refractivity contribution in [3.05, 3.63) is 64.1 Å². The molecule has 0 radical (unpaired) electrons. The lowest BCUT2D eigenvalue weighted by atomic mass is 10.0. The minimum atomic E-state index is -0.527. The van der Waals surface area contributed by atoms with Crippen LogP contribution in [0, 0.1) is 0 Å². The molecular formula is C16H16N2O2S. The molecule has 1 aromatic carbocycles. The Balaban J connectivity index is 2.25. The van der Waals surface area contributed by atoms with E-state index in [0.29, 0.717) is 10.9 Å². The molecule has 5 heteroatoms. The van der Waals surface area contributed by atoms with E-state index in [1.165, 1.54) is 11.8 Å². The summed E-state index contributed by atoms with van der Waals surface area (Å²) in [5.74, 6) is 0.289. The fourth-order valence-electron chi connectivity index (χ4n) is 1.90. The van der Waals surface area contributed by atoms with E-state index in [4.69, 9.17) is 0 Å². The molecule has 0 aliphatic rings. The molecule has 1 heterocycles. The molecule has 0 saturated carbocycles. The molecule has 1 aromatic heterocycles. The van der Waals surface area contributed by atoms with E-state index < -0.39 is 5.56 Å². The Hall–Kier alpha value is -2.27. The number of H-pyrrole nitrogens is 1. The number of allylic oxidation sites excluding steroid dienone is 1. The first kappa shape index (κ1) is 15.1. The van der Waals surface area contributed by atoms with Crippen molar-refractivity contribution in [3.63, 3.8) is 0 Å². The van der Waals surface area contributed by atoms with Crippen LogP contribution in [0.3, 0.4) is 0 Å². The Morgan fingerprint density at radius 3 is 2.95 bits per heavy atom. The summed E-state index contributed by atoms with van der Waals surface area (Å²) in [7, 11) is 0. The third kappa shape index (κ3) is 3.64. The average molecular weight is 300 g/mol. The van der Waals surface area contributed by atoms with Crippen LogP contribution in [0.1, 0.15) is 23.6 Å². The highest BCUT2D eigenvalue weighted by Crippen LogP contribution is 2.25. The Kier molecular flexibility index (Phi) is 5.00. The highest BCUT2D eigenvalue weighted by molar-refractivity contribution is 7.98. The third-order valence-corrected chi connectivity index (χ3v) is 3.84. The predicted molar refractivity (Wildman–Crippen MR) is 87.3 cm³/mol. The second-order valence-electron chi connectivity index (χ2n) is 4.32. The van der Waals surface area contributed by atoms with E-state index in [1.54, 1.807) is 0 Å². The highest BCUT2D eigenvalue weighted by atomic mass is 32.2. The maximum atomic E-state index is 11.3. The Bertz CT molecular complexity index is 735. The molecule has 0 atom stereocenters. The quantitative estimate of drug-likeness (QED) is 0.655. The van der Waals surface area contributed by atoms with Gasteiger partial charge in [0.25, 0.3) is 5.56 Å². The van der Waals surface area contributed by atoms with Crippen LogP contribution in [0.15, 0.2) is 47.0 Å². The Morgan fingerprint density at radius 2 is 2.29 bits per heavy atom. The first-order valence-electron chi connectivity index (χ1n) is 6.43. The number of nitrogens with zero attached hydrogens (tertiary/aromatic N) is 1. The molecule has 0 aliphatic heterocycles. The molecule has 0 amide bonds. The number of rotatable bonds is 5. The summed E-state index contributed by atoms with van der Waals surface area (Å²) in [6.07, 6.45) is 7.01. The van der Waals surface area contributed by atoms with Gasteiger partial charge in [0.1, 0.15) is 0 Å². The van der Waals surface area contributed by atoms with E-state index in [-0.39, 0.29) is 5.75 Å². The van der Waals surface area contributed by atoms with Gasteiger partial charge in [-0.1, -0.05) is 54.8 Å². The molecule has 0 fully saturated rings. The van der Waals surface area contributed by atoms with Crippen molar-refractivity contribution in [3.8, 4) is 5.75 Å². The van der Waals surface area contributed by atoms with Gasteiger partial charge in [-0.05, 0) is 23.6 Å². The molecule has 2 rings (SSSR count). The zero-order valence-electron chi connectivity index (χ0n) is 11.7. The monoisotopic (exact) mass is 300 g/mol. The average Bonchev–Trinajstić information content (AvgIpc) is 2.49. The van der Waals surface area contributed by atoms with Crippen LogP contribution in [0.4, 0.5) is 0 Å². The van der Waals surface area contributed by atoms with E-state index in [0.717, 1.165) is 22.9 Å². The van der Waals surface area contributed by atoms with Gasteiger partial charge in [-0.3, -0.25) is 9.78 Å². The van der Waals surface area contributed by atoms with Crippen LogP contribution in [0.2, 0.25) is 0 Å². The number of nitrogens with one attached hydrogen (secondary N) is 1. The van der Waals surface area contributed by atoms with Crippen LogP contribution in [-0.2, 0) is 5.75 Å². The minimum Gasteiger partial charge on any atom is -0.502 e. The van der Waals surface area contributed by atoms with Crippen molar-refractivity contribution in [1.82, 2.24) is 9.97 Å². The Morgan fingerprint density at radius 1 is 1.48 bits per heavy atom. The Labute approximate surface area is 127 Å². The molecule has 21 heavy (non-hydrogen) atoms. The smallest absolute Gasteiger partial charge is 0.293 e. The lowest BCUT2D eigenvalue weighted by molar-refractivity contribution is 0.460. The van der Waals surface area contributed by atoms with Crippen LogP contribution in [0.25, 0.3) is 12.2 Å². The molecule has 0 saturated heterocycles. The molecular weight excluding hydrogens is 284 g/mol. The number of benzene rings is 1. The maximum absolute atomic E-state index is 11.3. The first-order valence-corrected chi connectivity index (χ1v) is 7.42. The lowest BCUT2D eigenvalue weighted by Crippen LogP contribution is -2.07. The van der Waals surface area contributed by atoms with Gasteiger partial charge in [-0.2, -0.15) is 0 Å². The van der Waals surface area contributed by atoms with Crippen LogP contribution < -0.4 is 5.56 Å². The topological polar surface area (TPSA) is 66.0 Å². The predicted octanol–water partition coefficient (Wildman–Crippen LogP) is 3.44. The number of hydrogen-bond acceptors (Lipinski definition) is 4. The minimum absolute atomic E-state index is 0.373. The van der Waals surface area contributed by atoms with Crippen LogP contribution in [-0.4, -0.2) is 15.1 Å². The standard InChI is InChI=1S/C16H16N2O2S/c1-3-6-13-11(4-2)7-5-8-12(13)10-21-16-17-9-14(19)15(20)18-16/h3-9,19H,2,10H2,1H3,(H,17,18,20)/b6-3-. The molecule has 0 unspecified atom stereocenters. The van der Waals surface area contributed by atoms with Gasteiger partial charge in [0.15, 0.2) is 10.9 Å². The van der Waals surface area contributed by atoms with Crippen molar-refractivity contribution in [2.75, 3.05) is 0 Å². The van der Waals surface area contributed by atoms with Crippen molar-refractivity contribution in [2.24, 2.45) is 0 Å². The molecule has 2 N–H and O–H groups in total. The van der Waals surface area contributed by atoms with Gasteiger partial charge in [0, 0.05) is 5.75 Å². The van der Waals surface area contributed by atoms with Gasteiger partial charge in [-0.25, -0.2) is 4.98 Å². The van der Waals surface area contributed by atoms with Gasteiger partial charge in [-0.15, -0.1) is 0 Å². The fraction of sp³-hybridized carbons (Fsp3) is 0.125. The summed E-state index contributed by atoms with van der Waals surface area (Å²) in [5, 5.41) is 9.66. The summed E-state index contributed by atoms with van der Waals surface area (Å²) < 4.78 is 0. The lowest BCUT2D eigenvalue weighted by Gasteiger charge is -2.09. The second kappa shape index (κ2) is 6.95. The SMILES string of the molecule is C=Cc1cccc(CSc2ncc(O)c(=O)[nH]2)c1/C=C\C. The molecule has 108 valence electrons. The van der Waals surface area contributed by atoms with E-state index in [2.05, 4.69) is 16.5 Å². The van der Waals surface area contributed by atoms with E-state index >= 15 is 0 Å². The largest absolute Gasteiger partial charge is 0.502 e. The molecule has 4 nitrogen and oxygen atoms in total. The van der Waals surface area contributed by atoms with Gasteiger partial charge in [0.05, 0.1) is 6.20 Å². The van der Waals surface area contributed by atoms with Gasteiger partial charge in [0.2, 0.25) is 0 Å². The summed E-state index contributed by atoms with van der Waals surface area (Å²) in [5.41, 5.74) is 2.79. The molecule has 2 aromatic rings. The number of hydrogen-bond donors (Lipinski definition) is 2. The van der Waals surface area contributed by atoms with Crippen molar-refractivity contribution in [2.45, 2.75) is 17.8 Å². The van der Waals surface area contributed by atoms with Crippen LogP contribution >= 0.6 is 11.8 Å². The molecule has 0 bridgehead atoms. The summed E-state index contributed by atoms with van der Waals surface area (Å²) in [6.45, 7) is 5.79. The molecule has 0 aliphatic carbocycles. The van der Waals surface area contributed by atoms with Crippen molar-refractivity contribution >= 4 is 23.9 Å². The van der Waals surface area contributed by atoms with Gasteiger partial charge < -0.3 is 5.11 Å². The van der Waals surface area contributed by atoms with E-state index in [9.17, 15) is 9.90 Å². The summed E-state index contributed by atoms with van der Waals surface area (Å²) in [4.78, 5) is 17.9. The maximum Gasteiger partial charge on any atom is 0.293 e. The van der Waals surface area contributed by atoms with E-state index in [1.807, 2.05) is 43.4 Å². The van der Waals surface area contributed by atoms with Gasteiger partial charge >= 0.3 is 0 Å². The summed E-state index contributed by atoms with van der Waals surface area (Å²) in [6, 6.07) is 6.03. The number of thioether (sulfide) groups is 1. The van der Waals surface area contributed by atoms with Crippen LogP contribution in [0.5, 0.6) is 5.75 Å². The van der Waals surface area contributed by atoms with Crippen molar-refractivity contribution in [1.29, 1.82) is 0 Å².